The third-order valence-corrected chi connectivity index (χ3v) is 3.72. The minimum absolute atomic E-state index is 0.537. The molecule has 96 valence electrons. The topological polar surface area (TPSA) is 12.9 Å². The van der Waals surface area contributed by atoms with E-state index in [-0.39, 0.29) is 0 Å². The van der Waals surface area contributed by atoms with Crippen LogP contribution in [0.25, 0.3) is 11.6 Å². The summed E-state index contributed by atoms with van der Waals surface area (Å²) in [5, 5.41) is 0.537. The quantitative estimate of drug-likeness (QED) is 0.531. The second-order valence-electron chi connectivity index (χ2n) is 4.18. The fourth-order valence-corrected chi connectivity index (χ4v) is 2.24. The molecular formula is C16H13BrClN. The molecule has 0 unspecified atom stereocenters. The molecule has 0 saturated heterocycles. The van der Waals surface area contributed by atoms with Gasteiger partial charge in [-0.2, -0.15) is 0 Å². The van der Waals surface area contributed by atoms with E-state index in [1.807, 2.05) is 49.4 Å². The first-order valence-corrected chi connectivity index (χ1v) is 6.99. The Bertz CT molecular complexity index is 647. The lowest BCUT2D eigenvalue weighted by Crippen LogP contribution is -1.85. The van der Waals surface area contributed by atoms with E-state index in [1.165, 1.54) is 0 Å². The van der Waals surface area contributed by atoms with Crippen LogP contribution in [0.15, 0.2) is 53.7 Å². The standard InChI is InChI=1S/C16H13BrClN/c1-11(14-4-3-5-15(17)10-14)6-7-13-8-9-19-16(18)12(13)2/h3-10H,1H2,2H3/b7-6-. The van der Waals surface area contributed by atoms with E-state index in [0.29, 0.717) is 5.15 Å². The summed E-state index contributed by atoms with van der Waals surface area (Å²) in [5.41, 5.74) is 4.07. The number of hydrogen-bond acceptors (Lipinski definition) is 1. The van der Waals surface area contributed by atoms with Gasteiger partial charge in [-0.25, -0.2) is 4.98 Å². The van der Waals surface area contributed by atoms with E-state index in [0.717, 1.165) is 26.7 Å². The van der Waals surface area contributed by atoms with Gasteiger partial charge >= 0.3 is 0 Å². The second kappa shape index (κ2) is 6.18. The molecule has 1 heterocycles. The van der Waals surface area contributed by atoms with E-state index in [9.17, 15) is 0 Å². The highest BCUT2D eigenvalue weighted by atomic mass is 79.9. The molecular weight excluding hydrogens is 322 g/mol. The predicted molar refractivity (Wildman–Crippen MR) is 86.2 cm³/mol. The summed E-state index contributed by atoms with van der Waals surface area (Å²) in [6, 6.07) is 10.00. The lowest BCUT2D eigenvalue weighted by molar-refractivity contribution is 1.26. The number of rotatable bonds is 3. The molecule has 0 aliphatic rings. The predicted octanol–water partition coefficient (Wildman–Crippen LogP) is 5.53. The lowest BCUT2D eigenvalue weighted by atomic mass is 10.1. The van der Waals surface area contributed by atoms with Gasteiger partial charge in [0.1, 0.15) is 5.15 Å². The number of halogens is 2. The Morgan fingerprint density at radius 3 is 2.89 bits per heavy atom. The Morgan fingerprint density at radius 1 is 1.37 bits per heavy atom. The average Bonchev–Trinajstić information content (AvgIpc) is 2.40. The summed E-state index contributed by atoms with van der Waals surface area (Å²) >= 11 is 9.45. The van der Waals surface area contributed by atoms with Crippen LogP contribution in [0.5, 0.6) is 0 Å². The van der Waals surface area contributed by atoms with E-state index in [4.69, 9.17) is 11.6 Å². The highest BCUT2D eigenvalue weighted by Gasteiger charge is 2.00. The van der Waals surface area contributed by atoms with Gasteiger partial charge in [0.15, 0.2) is 0 Å². The number of hydrogen-bond donors (Lipinski definition) is 0. The summed E-state index contributed by atoms with van der Waals surface area (Å²) in [6.07, 6.45) is 5.70. The second-order valence-corrected chi connectivity index (χ2v) is 5.46. The Hall–Kier alpha value is -1.38. The van der Waals surface area contributed by atoms with Gasteiger partial charge in [-0.3, -0.25) is 0 Å². The molecule has 2 aromatic rings. The maximum absolute atomic E-state index is 5.99. The van der Waals surface area contributed by atoms with Gasteiger partial charge < -0.3 is 0 Å². The van der Waals surface area contributed by atoms with Crippen molar-refractivity contribution in [2.24, 2.45) is 0 Å². The van der Waals surface area contributed by atoms with Gasteiger partial charge in [0.05, 0.1) is 0 Å². The highest BCUT2D eigenvalue weighted by molar-refractivity contribution is 9.10. The van der Waals surface area contributed by atoms with Crippen LogP contribution in [0.2, 0.25) is 5.15 Å². The molecule has 2 rings (SSSR count). The molecule has 0 bridgehead atoms. The molecule has 3 heteroatoms. The zero-order chi connectivity index (χ0) is 13.8. The van der Waals surface area contributed by atoms with Crippen LogP contribution in [-0.2, 0) is 0 Å². The minimum Gasteiger partial charge on any atom is -0.244 e. The molecule has 0 fully saturated rings. The molecule has 0 radical (unpaired) electrons. The first-order chi connectivity index (χ1) is 9.08. The Balaban J connectivity index is 2.23. The summed E-state index contributed by atoms with van der Waals surface area (Å²) in [6.45, 7) is 6.03. The molecule has 0 amide bonds. The normalized spacial score (nSPS) is 10.9. The van der Waals surface area contributed by atoms with E-state index >= 15 is 0 Å². The van der Waals surface area contributed by atoms with Crippen LogP contribution in [0, 0.1) is 6.92 Å². The largest absolute Gasteiger partial charge is 0.244 e. The third-order valence-electron chi connectivity index (χ3n) is 2.84. The summed E-state index contributed by atoms with van der Waals surface area (Å²) < 4.78 is 1.04. The van der Waals surface area contributed by atoms with Crippen LogP contribution < -0.4 is 0 Å². The fourth-order valence-electron chi connectivity index (χ4n) is 1.68. The van der Waals surface area contributed by atoms with Crippen molar-refractivity contribution >= 4 is 39.2 Å². The molecule has 19 heavy (non-hydrogen) atoms. The van der Waals surface area contributed by atoms with Crippen molar-refractivity contribution in [3.05, 3.63) is 75.5 Å². The Kier molecular flexibility index (Phi) is 4.56. The van der Waals surface area contributed by atoms with E-state index in [2.05, 4.69) is 27.5 Å². The first-order valence-electron chi connectivity index (χ1n) is 5.82. The molecule has 0 atom stereocenters. The molecule has 0 saturated carbocycles. The average molecular weight is 335 g/mol. The van der Waals surface area contributed by atoms with Crippen LogP contribution in [-0.4, -0.2) is 4.98 Å². The lowest BCUT2D eigenvalue weighted by Gasteiger charge is -2.03. The minimum atomic E-state index is 0.537. The van der Waals surface area contributed by atoms with Gasteiger partial charge in [0.25, 0.3) is 0 Å². The Morgan fingerprint density at radius 2 is 2.16 bits per heavy atom. The molecule has 0 spiro atoms. The number of allylic oxidation sites excluding steroid dienone is 2. The van der Waals surface area contributed by atoms with Gasteiger partial charge in [0.2, 0.25) is 0 Å². The summed E-state index contributed by atoms with van der Waals surface area (Å²) in [7, 11) is 0. The molecule has 0 N–H and O–H groups in total. The third kappa shape index (κ3) is 3.55. The highest BCUT2D eigenvalue weighted by Crippen LogP contribution is 2.21. The molecule has 1 aromatic heterocycles. The van der Waals surface area contributed by atoms with Crippen molar-refractivity contribution in [1.29, 1.82) is 0 Å². The maximum Gasteiger partial charge on any atom is 0.132 e. The van der Waals surface area contributed by atoms with Crippen molar-refractivity contribution in [2.75, 3.05) is 0 Å². The van der Waals surface area contributed by atoms with Crippen molar-refractivity contribution in [1.82, 2.24) is 4.98 Å². The van der Waals surface area contributed by atoms with Crippen molar-refractivity contribution in [3.8, 4) is 0 Å². The number of benzene rings is 1. The molecule has 0 aliphatic heterocycles. The van der Waals surface area contributed by atoms with E-state index < -0.39 is 0 Å². The molecule has 1 aromatic carbocycles. The van der Waals surface area contributed by atoms with Gasteiger partial charge in [0, 0.05) is 10.7 Å². The smallest absolute Gasteiger partial charge is 0.132 e. The van der Waals surface area contributed by atoms with Gasteiger partial charge in [-0.15, -0.1) is 0 Å². The monoisotopic (exact) mass is 333 g/mol. The SMILES string of the molecule is C=C(/C=C\c1ccnc(Cl)c1C)c1cccc(Br)c1. The zero-order valence-electron chi connectivity index (χ0n) is 10.5. The molecule has 0 aliphatic carbocycles. The molecule has 1 nitrogen and oxygen atoms in total. The Labute approximate surface area is 126 Å². The van der Waals surface area contributed by atoms with E-state index in [1.54, 1.807) is 6.20 Å². The maximum atomic E-state index is 5.99. The zero-order valence-corrected chi connectivity index (χ0v) is 12.9. The van der Waals surface area contributed by atoms with Crippen LogP contribution in [0.3, 0.4) is 0 Å². The van der Waals surface area contributed by atoms with Crippen LogP contribution >= 0.6 is 27.5 Å². The van der Waals surface area contributed by atoms with Crippen molar-refractivity contribution in [3.63, 3.8) is 0 Å². The van der Waals surface area contributed by atoms with Crippen LogP contribution in [0.4, 0.5) is 0 Å². The number of pyridine rings is 1. The van der Waals surface area contributed by atoms with Crippen molar-refractivity contribution < 1.29 is 0 Å². The van der Waals surface area contributed by atoms with Crippen molar-refractivity contribution in [2.45, 2.75) is 6.92 Å². The summed E-state index contributed by atoms with van der Waals surface area (Å²) in [4.78, 5) is 4.04. The first kappa shape index (κ1) is 14.0. The van der Waals surface area contributed by atoms with Gasteiger partial charge in [-0.1, -0.05) is 58.4 Å². The summed E-state index contributed by atoms with van der Waals surface area (Å²) in [5.74, 6) is 0. The number of nitrogens with zero attached hydrogens (tertiary/aromatic N) is 1. The number of aromatic nitrogens is 1. The van der Waals surface area contributed by atoms with Gasteiger partial charge in [-0.05, 0) is 47.4 Å². The van der Waals surface area contributed by atoms with Crippen LogP contribution in [0.1, 0.15) is 16.7 Å². The fraction of sp³-hybridized carbons (Fsp3) is 0.0625.